The van der Waals surface area contributed by atoms with Gasteiger partial charge in [-0.15, -0.1) is 0 Å². The third kappa shape index (κ3) is 2.64. The molecule has 0 bridgehead atoms. The smallest absolute Gasteiger partial charge is 0.147 e. The van der Waals surface area contributed by atoms with Crippen molar-refractivity contribution in [3.05, 3.63) is 46.1 Å². The molecule has 2 N–H and O–H groups in total. The normalized spacial score (nSPS) is 10.4. The Bertz CT molecular complexity index is 561. The molecular weight excluding hydrogens is 290 g/mol. The Labute approximate surface area is 116 Å². The molecule has 0 aliphatic rings. The minimum atomic E-state index is 0.652. The zero-order chi connectivity index (χ0) is 13.3. The predicted octanol–water partition coefficient (Wildman–Crippen LogP) is 3.81. The summed E-state index contributed by atoms with van der Waals surface area (Å²) in [5.74, 6) is 0.856. The van der Waals surface area contributed by atoms with Crippen LogP contribution in [0.25, 0.3) is 0 Å². The second-order valence-electron chi connectivity index (χ2n) is 4.48. The van der Waals surface area contributed by atoms with E-state index in [1.54, 1.807) is 6.20 Å². The van der Waals surface area contributed by atoms with Gasteiger partial charge in [-0.1, -0.05) is 6.07 Å². The monoisotopic (exact) mass is 305 g/mol. The number of aryl methyl sites for hydroxylation is 2. The first-order chi connectivity index (χ1) is 8.47. The first-order valence-corrected chi connectivity index (χ1v) is 6.49. The van der Waals surface area contributed by atoms with Gasteiger partial charge in [0.25, 0.3) is 0 Å². The van der Waals surface area contributed by atoms with Crippen LogP contribution in [-0.4, -0.2) is 12.0 Å². The lowest BCUT2D eigenvalue weighted by atomic mass is 10.1. The topological polar surface area (TPSA) is 42.2 Å². The van der Waals surface area contributed by atoms with Gasteiger partial charge in [-0.25, -0.2) is 4.98 Å². The molecule has 94 valence electrons. The van der Waals surface area contributed by atoms with Crippen LogP contribution in [0.4, 0.5) is 17.2 Å². The van der Waals surface area contributed by atoms with Gasteiger partial charge >= 0.3 is 0 Å². The van der Waals surface area contributed by atoms with E-state index in [-0.39, 0.29) is 0 Å². The molecule has 1 aromatic carbocycles. The van der Waals surface area contributed by atoms with Crippen LogP contribution >= 0.6 is 15.9 Å². The second kappa shape index (κ2) is 4.98. The van der Waals surface area contributed by atoms with E-state index in [0.717, 1.165) is 16.0 Å². The standard InChI is InChI=1S/C14H16BrN3/c1-9-4-10(2)6-12(5-9)18(3)14-13(15)7-11(16)8-17-14/h4-8H,16H2,1-3H3. The Hall–Kier alpha value is -1.55. The number of nitrogens with zero attached hydrogens (tertiary/aromatic N) is 2. The van der Waals surface area contributed by atoms with Gasteiger partial charge in [-0.05, 0) is 59.1 Å². The lowest BCUT2D eigenvalue weighted by Gasteiger charge is -2.20. The van der Waals surface area contributed by atoms with Crippen molar-refractivity contribution in [2.24, 2.45) is 0 Å². The zero-order valence-electron chi connectivity index (χ0n) is 10.7. The minimum Gasteiger partial charge on any atom is -0.397 e. The van der Waals surface area contributed by atoms with Crippen LogP contribution in [0, 0.1) is 13.8 Å². The van der Waals surface area contributed by atoms with E-state index in [1.165, 1.54) is 11.1 Å². The number of anilines is 3. The van der Waals surface area contributed by atoms with Gasteiger partial charge in [0.15, 0.2) is 0 Å². The molecule has 0 atom stereocenters. The number of aromatic nitrogens is 1. The number of rotatable bonds is 2. The Kier molecular flexibility index (Phi) is 3.57. The molecule has 0 unspecified atom stereocenters. The molecule has 1 heterocycles. The minimum absolute atomic E-state index is 0.652. The van der Waals surface area contributed by atoms with E-state index in [9.17, 15) is 0 Å². The van der Waals surface area contributed by atoms with Gasteiger partial charge in [0.2, 0.25) is 0 Å². The summed E-state index contributed by atoms with van der Waals surface area (Å²) in [6.07, 6.45) is 1.67. The lowest BCUT2D eigenvalue weighted by molar-refractivity contribution is 1.11. The highest BCUT2D eigenvalue weighted by Gasteiger charge is 2.10. The molecule has 0 fully saturated rings. The molecule has 0 saturated heterocycles. The Morgan fingerprint density at radius 3 is 2.28 bits per heavy atom. The number of pyridine rings is 1. The molecular formula is C14H16BrN3. The molecule has 0 aliphatic carbocycles. The Morgan fingerprint density at radius 1 is 1.11 bits per heavy atom. The summed E-state index contributed by atoms with van der Waals surface area (Å²) in [5.41, 5.74) is 9.95. The predicted molar refractivity (Wildman–Crippen MR) is 80.3 cm³/mol. The largest absolute Gasteiger partial charge is 0.397 e. The van der Waals surface area contributed by atoms with Crippen molar-refractivity contribution in [3.63, 3.8) is 0 Å². The average Bonchev–Trinajstić information content (AvgIpc) is 2.26. The molecule has 2 aromatic rings. The fraction of sp³-hybridized carbons (Fsp3) is 0.214. The number of nitrogens with two attached hydrogens (primary N) is 1. The van der Waals surface area contributed by atoms with Gasteiger partial charge in [0.05, 0.1) is 16.4 Å². The molecule has 0 amide bonds. The van der Waals surface area contributed by atoms with Crippen LogP contribution in [0.3, 0.4) is 0 Å². The fourth-order valence-electron chi connectivity index (χ4n) is 1.96. The quantitative estimate of drug-likeness (QED) is 0.917. The van der Waals surface area contributed by atoms with Crippen LogP contribution in [0.1, 0.15) is 11.1 Å². The van der Waals surface area contributed by atoms with Crippen LogP contribution in [0.15, 0.2) is 34.9 Å². The Balaban J connectivity index is 2.44. The highest BCUT2D eigenvalue weighted by atomic mass is 79.9. The SMILES string of the molecule is Cc1cc(C)cc(N(C)c2ncc(N)cc2Br)c1. The van der Waals surface area contributed by atoms with Gasteiger partial charge in [0.1, 0.15) is 5.82 Å². The molecule has 4 heteroatoms. The van der Waals surface area contributed by atoms with Crippen molar-refractivity contribution >= 4 is 33.1 Å². The Morgan fingerprint density at radius 2 is 1.72 bits per heavy atom. The van der Waals surface area contributed by atoms with Crippen molar-refractivity contribution in [1.29, 1.82) is 0 Å². The van der Waals surface area contributed by atoms with E-state index in [0.29, 0.717) is 5.69 Å². The molecule has 18 heavy (non-hydrogen) atoms. The summed E-state index contributed by atoms with van der Waals surface area (Å²) < 4.78 is 0.893. The van der Waals surface area contributed by atoms with Crippen molar-refractivity contribution in [2.45, 2.75) is 13.8 Å². The maximum atomic E-state index is 5.70. The number of halogens is 1. The highest BCUT2D eigenvalue weighted by molar-refractivity contribution is 9.10. The van der Waals surface area contributed by atoms with E-state index in [4.69, 9.17) is 5.73 Å². The summed E-state index contributed by atoms with van der Waals surface area (Å²) in [6.45, 7) is 4.19. The van der Waals surface area contributed by atoms with Gasteiger partial charge < -0.3 is 10.6 Å². The van der Waals surface area contributed by atoms with Crippen LogP contribution < -0.4 is 10.6 Å². The molecule has 1 aromatic heterocycles. The summed E-state index contributed by atoms with van der Waals surface area (Å²) >= 11 is 3.50. The zero-order valence-corrected chi connectivity index (χ0v) is 12.3. The summed E-state index contributed by atoms with van der Waals surface area (Å²) in [6, 6.07) is 8.29. The summed E-state index contributed by atoms with van der Waals surface area (Å²) in [7, 11) is 2.00. The third-order valence-electron chi connectivity index (χ3n) is 2.75. The van der Waals surface area contributed by atoms with E-state index in [1.807, 2.05) is 18.0 Å². The van der Waals surface area contributed by atoms with Gasteiger partial charge in [-0.3, -0.25) is 0 Å². The van der Waals surface area contributed by atoms with Crippen LogP contribution in [0.5, 0.6) is 0 Å². The molecule has 3 nitrogen and oxygen atoms in total. The van der Waals surface area contributed by atoms with E-state index < -0.39 is 0 Å². The average molecular weight is 306 g/mol. The van der Waals surface area contributed by atoms with Crippen molar-refractivity contribution in [2.75, 3.05) is 17.7 Å². The molecule has 0 aliphatic heterocycles. The second-order valence-corrected chi connectivity index (χ2v) is 5.33. The van der Waals surface area contributed by atoms with Gasteiger partial charge in [0, 0.05) is 12.7 Å². The van der Waals surface area contributed by atoms with E-state index in [2.05, 4.69) is 53.0 Å². The fourth-order valence-corrected chi connectivity index (χ4v) is 2.59. The lowest BCUT2D eigenvalue weighted by Crippen LogP contribution is -2.12. The molecule has 2 rings (SSSR count). The first kappa shape index (κ1) is 12.9. The highest BCUT2D eigenvalue weighted by Crippen LogP contribution is 2.30. The third-order valence-corrected chi connectivity index (χ3v) is 3.34. The maximum absolute atomic E-state index is 5.70. The van der Waals surface area contributed by atoms with Crippen LogP contribution in [-0.2, 0) is 0 Å². The number of nitrogen functional groups attached to an aromatic ring is 1. The van der Waals surface area contributed by atoms with Crippen LogP contribution in [0.2, 0.25) is 0 Å². The molecule has 0 spiro atoms. The number of hydrogen-bond donors (Lipinski definition) is 1. The molecule has 0 saturated carbocycles. The van der Waals surface area contributed by atoms with Crippen molar-refractivity contribution in [3.8, 4) is 0 Å². The van der Waals surface area contributed by atoms with Gasteiger partial charge in [-0.2, -0.15) is 0 Å². The summed E-state index contributed by atoms with van der Waals surface area (Å²) in [4.78, 5) is 6.41. The van der Waals surface area contributed by atoms with E-state index >= 15 is 0 Å². The molecule has 0 radical (unpaired) electrons. The van der Waals surface area contributed by atoms with Crippen molar-refractivity contribution < 1.29 is 0 Å². The maximum Gasteiger partial charge on any atom is 0.147 e. The van der Waals surface area contributed by atoms with Crippen molar-refractivity contribution in [1.82, 2.24) is 4.98 Å². The number of hydrogen-bond acceptors (Lipinski definition) is 3. The first-order valence-electron chi connectivity index (χ1n) is 5.70. The number of benzene rings is 1. The summed E-state index contributed by atoms with van der Waals surface area (Å²) in [5, 5.41) is 0.